The van der Waals surface area contributed by atoms with Gasteiger partial charge < -0.3 is 20.5 Å². The first-order chi connectivity index (χ1) is 16.4. The highest BCUT2D eigenvalue weighted by molar-refractivity contribution is 6.02. The number of aromatic carboxylic acids is 1. The summed E-state index contributed by atoms with van der Waals surface area (Å²) in [4.78, 5) is 36.4. The Balaban J connectivity index is 1.81. The van der Waals surface area contributed by atoms with E-state index in [2.05, 4.69) is 30.7 Å². The molecule has 3 N–H and O–H groups in total. The molecule has 11 nitrogen and oxygen atoms in total. The van der Waals surface area contributed by atoms with Crippen LogP contribution in [0.1, 0.15) is 20.7 Å². The van der Waals surface area contributed by atoms with Crippen molar-refractivity contribution in [2.24, 2.45) is 7.05 Å². The Morgan fingerprint density at radius 1 is 1.00 bits per heavy atom. The molecular weight excluding hydrogens is 438 g/mol. The van der Waals surface area contributed by atoms with Gasteiger partial charge in [0.2, 0.25) is 0 Å². The maximum absolute atomic E-state index is 12.6. The number of nitrogens with zero attached hydrogens (tertiary/aromatic N) is 5. The molecule has 172 valence electrons. The van der Waals surface area contributed by atoms with Crippen molar-refractivity contribution in [1.82, 2.24) is 30.0 Å². The van der Waals surface area contributed by atoms with Crippen LogP contribution in [-0.2, 0) is 7.05 Å². The summed E-state index contributed by atoms with van der Waals surface area (Å²) in [5, 5.41) is 19.1. The van der Waals surface area contributed by atoms with Gasteiger partial charge in [-0.1, -0.05) is 12.1 Å². The number of rotatable bonds is 7. The first kappa shape index (κ1) is 22.4. The van der Waals surface area contributed by atoms with Crippen LogP contribution >= 0.6 is 0 Å². The van der Waals surface area contributed by atoms with Gasteiger partial charge in [0.05, 0.1) is 23.8 Å². The van der Waals surface area contributed by atoms with Gasteiger partial charge in [0.25, 0.3) is 5.91 Å². The van der Waals surface area contributed by atoms with E-state index in [-0.39, 0.29) is 11.5 Å². The number of benzene rings is 1. The van der Waals surface area contributed by atoms with Crippen LogP contribution in [0.15, 0.2) is 55.1 Å². The molecule has 3 heterocycles. The van der Waals surface area contributed by atoms with E-state index in [0.29, 0.717) is 45.5 Å². The Hall–Kier alpha value is -4.80. The molecule has 0 bridgehead atoms. The van der Waals surface area contributed by atoms with Gasteiger partial charge in [-0.15, -0.1) is 0 Å². The van der Waals surface area contributed by atoms with Gasteiger partial charge in [0, 0.05) is 37.6 Å². The number of ether oxygens (including phenoxy) is 1. The van der Waals surface area contributed by atoms with Gasteiger partial charge in [0.15, 0.2) is 5.82 Å². The van der Waals surface area contributed by atoms with E-state index in [1.165, 1.54) is 31.6 Å². The number of aromatic nitrogens is 5. The summed E-state index contributed by atoms with van der Waals surface area (Å²) in [6.07, 6.45) is 4.29. The molecule has 0 radical (unpaired) electrons. The minimum atomic E-state index is -1.07. The molecule has 0 aliphatic heterocycles. The maximum atomic E-state index is 12.6. The molecular formula is C23H21N7O4. The highest BCUT2D eigenvalue weighted by atomic mass is 16.5. The van der Waals surface area contributed by atoms with Crippen LogP contribution in [0.5, 0.6) is 5.75 Å². The number of nitrogens with one attached hydrogen (secondary N) is 2. The molecule has 1 amide bonds. The average molecular weight is 459 g/mol. The number of hydrogen-bond donors (Lipinski definition) is 3. The first-order valence-corrected chi connectivity index (χ1v) is 10.1. The molecule has 0 spiro atoms. The van der Waals surface area contributed by atoms with Gasteiger partial charge in [-0.3, -0.25) is 9.48 Å². The molecule has 0 aliphatic carbocycles. The number of carboxylic acids is 1. The molecule has 4 aromatic rings. The second-order valence-electron chi connectivity index (χ2n) is 7.18. The number of carbonyl (C=O) groups is 2. The van der Waals surface area contributed by atoms with Gasteiger partial charge in [-0.05, 0) is 24.3 Å². The van der Waals surface area contributed by atoms with Crippen molar-refractivity contribution in [3.63, 3.8) is 0 Å². The predicted octanol–water partition coefficient (Wildman–Crippen LogP) is 2.75. The van der Waals surface area contributed by atoms with Gasteiger partial charge in [0.1, 0.15) is 23.7 Å². The quantitative estimate of drug-likeness (QED) is 0.380. The fourth-order valence-electron chi connectivity index (χ4n) is 3.40. The van der Waals surface area contributed by atoms with E-state index < -0.39 is 5.97 Å². The Morgan fingerprint density at radius 2 is 1.76 bits per heavy atom. The molecule has 0 saturated heterocycles. The van der Waals surface area contributed by atoms with Gasteiger partial charge >= 0.3 is 5.97 Å². The fraction of sp³-hybridized carbons (Fsp3) is 0.130. The van der Waals surface area contributed by atoms with Gasteiger partial charge in [-0.25, -0.2) is 19.7 Å². The van der Waals surface area contributed by atoms with E-state index in [4.69, 9.17) is 9.84 Å². The summed E-state index contributed by atoms with van der Waals surface area (Å²) < 4.78 is 7.32. The second-order valence-corrected chi connectivity index (χ2v) is 7.18. The number of amides is 1. The largest absolute Gasteiger partial charge is 0.495 e. The van der Waals surface area contributed by atoms with Crippen molar-refractivity contribution in [2.75, 3.05) is 19.5 Å². The van der Waals surface area contributed by atoms with E-state index in [1.54, 1.807) is 31.2 Å². The first-order valence-electron chi connectivity index (χ1n) is 10.1. The van der Waals surface area contributed by atoms with Crippen LogP contribution in [0.4, 0.5) is 11.6 Å². The topological polar surface area (TPSA) is 144 Å². The number of carbonyl (C=O) groups excluding carboxylic acids is 1. The fourth-order valence-corrected chi connectivity index (χ4v) is 3.40. The summed E-state index contributed by atoms with van der Waals surface area (Å²) in [7, 11) is 4.85. The lowest BCUT2D eigenvalue weighted by Crippen LogP contribution is -2.19. The molecule has 4 rings (SSSR count). The summed E-state index contributed by atoms with van der Waals surface area (Å²) >= 11 is 0. The SMILES string of the molecule is CNC(=O)c1cnc(Nc2ccc(C(=O)O)cn2)cc1-c1cccc(-c2ncn(C)n2)c1OC. The van der Waals surface area contributed by atoms with Crippen LogP contribution in [-0.4, -0.2) is 55.9 Å². The van der Waals surface area contributed by atoms with Crippen molar-refractivity contribution in [2.45, 2.75) is 0 Å². The number of hydrogen-bond acceptors (Lipinski definition) is 8. The minimum absolute atomic E-state index is 0.0684. The lowest BCUT2D eigenvalue weighted by atomic mass is 9.97. The number of anilines is 2. The standard InChI is InChI=1S/C23H21N7O4/c1-24-22(31)17-11-26-19(28-18-8-7-13(10-25-18)23(32)33)9-16(17)14-5-4-6-15(20(14)34-3)21-27-12-30(2)29-21/h4-12H,1-3H3,(H,24,31)(H,32,33)(H,25,26,28). The summed E-state index contributed by atoms with van der Waals surface area (Å²) in [5.74, 6) is 0.402. The molecule has 3 aromatic heterocycles. The van der Waals surface area contributed by atoms with E-state index in [0.717, 1.165) is 0 Å². The smallest absolute Gasteiger partial charge is 0.337 e. The Bertz CT molecular complexity index is 1370. The van der Waals surface area contributed by atoms with Crippen molar-refractivity contribution in [3.8, 4) is 28.3 Å². The Kier molecular flexibility index (Phi) is 6.17. The molecule has 0 unspecified atom stereocenters. The van der Waals surface area contributed by atoms with E-state index >= 15 is 0 Å². The monoisotopic (exact) mass is 459 g/mol. The third kappa shape index (κ3) is 4.39. The van der Waals surface area contributed by atoms with E-state index in [9.17, 15) is 9.59 Å². The molecule has 0 aliphatic rings. The maximum Gasteiger partial charge on any atom is 0.337 e. The number of para-hydroxylation sites is 1. The average Bonchev–Trinajstić information content (AvgIpc) is 3.29. The third-order valence-corrected chi connectivity index (χ3v) is 4.99. The van der Waals surface area contributed by atoms with Crippen LogP contribution in [0.2, 0.25) is 0 Å². The highest BCUT2D eigenvalue weighted by Gasteiger charge is 2.21. The third-order valence-electron chi connectivity index (χ3n) is 4.99. The zero-order valence-electron chi connectivity index (χ0n) is 18.6. The Morgan fingerprint density at radius 3 is 2.38 bits per heavy atom. The number of aryl methyl sites for hydroxylation is 1. The molecule has 11 heteroatoms. The lowest BCUT2D eigenvalue weighted by molar-refractivity contribution is 0.0696. The van der Waals surface area contributed by atoms with Crippen LogP contribution in [0.3, 0.4) is 0 Å². The van der Waals surface area contributed by atoms with Crippen molar-refractivity contribution >= 4 is 23.5 Å². The second kappa shape index (κ2) is 9.36. The zero-order chi connectivity index (χ0) is 24.2. The van der Waals surface area contributed by atoms with Crippen LogP contribution < -0.4 is 15.4 Å². The van der Waals surface area contributed by atoms with Crippen molar-refractivity contribution in [1.29, 1.82) is 0 Å². The highest BCUT2D eigenvalue weighted by Crippen LogP contribution is 2.39. The van der Waals surface area contributed by atoms with Gasteiger partial charge in [-0.2, -0.15) is 5.10 Å². The Labute approximate surface area is 194 Å². The lowest BCUT2D eigenvalue weighted by Gasteiger charge is -2.16. The molecule has 0 atom stereocenters. The number of methoxy groups -OCH3 is 1. The molecule has 0 saturated carbocycles. The van der Waals surface area contributed by atoms with Crippen molar-refractivity contribution in [3.05, 3.63) is 66.2 Å². The molecule has 0 fully saturated rings. The zero-order valence-corrected chi connectivity index (χ0v) is 18.6. The minimum Gasteiger partial charge on any atom is -0.495 e. The molecule has 1 aromatic carbocycles. The summed E-state index contributed by atoms with van der Waals surface area (Å²) in [6, 6.07) is 10.2. The van der Waals surface area contributed by atoms with E-state index in [1.807, 2.05) is 18.2 Å². The van der Waals surface area contributed by atoms with Crippen molar-refractivity contribution < 1.29 is 19.4 Å². The van der Waals surface area contributed by atoms with Crippen LogP contribution in [0.25, 0.3) is 22.5 Å². The summed E-state index contributed by atoms with van der Waals surface area (Å²) in [6.45, 7) is 0. The molecule has 34 heavy (non-hydrogen) atoms. The number of pyridine rings is 2. The summed E-state index contributed by atoms with van der Waals surface area (Å²) in [5.41, 5.74) is 2.28. The van der Waals surface area contributed by atoms with Crippen LogP contribution in [0, 0.1) is 0 Å². The number of carboxylic acid groups (broad SMARTS) is 1. The predicted molar refractivity (Wildman–Crippen MR) is 124 cm³/mol. The normalized spacial score (nSPS) is 10.6.